The molecule has 1 N–H and O–H groups in total. The Hall–Kier alpha value is -2.59. The lowest BCUT2D eigenvalue weighted by Gasteiger charge is -2.41. The summed E-state index contributed by atoms with van der Waals surface area (Å²) in [6.07, 6.45) is 0.544. The van der Waals surface area contributed by atoms with E-state index in [1.807, 2.05) is 7.05 Å². The minimum atomic E-state index is -0.610. The quantitative estimate of drug-likeness (QED) is 0.680. The van der Waals surface area contributed by atoms with E-state index >= 15 is 0 Å². The Bertz CT molecular complexity index is 786. The Kier molecular flexibility index (Phi) is 4.29. The van der Waals surface area contributed by atoms with Crippen molar-refractivity contribution in [2.75, 3.05) is 58.4 Å². The highest BCUT2D eigenvalue weighted by Gasteiger charge is 2.37. The highest BCUT2D eigenvalue weighted by Crippen LogP contribution is 2.23. The van der Waals surface area contributed by atoms with E-state index in [0.29, 0.717) is 32.8 Å². The number of hydrogen-bond donors (Lipinski definition) is 1. The molecule has 3 aliphatic rings. The normalized spacial score (nSPS) is 23.1. The van der Waals surface area contributed by atoms with Crippen molar-refractivity contribution in [2.45, 2.75) is 6.17 Å². The summed E-state index contributed by atoms with van der Waals surface area (Å²) in [5.41, 5.74) is 2.64. The molecule has 0 radical (unpaired) electrons. The first-order valence-electron chi connectivity index (χ1n) is 8.61. The van der Waals surface area contributed by atoms with Crippen LogP contribution in [0.4, 0.5) is 4.79 Å². The molecule has 10 heteroatoms. The Morgan fingerprint density at radius 2 is 2.00 bits per heavy atom. The van der Waals surface area contributed by atoms with Gasteiger partial charge in [-0.3, -0.25) is 14.3 Å². The maximum Gasteiger partial charge on any atom is 0.415 e. The third kappa shape index (κ3) is 2.90. The van der Waals surface area contributed by atoms with Crippen LogP contribution in [-0.4, -0.2) is 90.5 Å². The molecule has 3 aliphatic heterocycles. The van der Waals surface area contributed by atoms with Gasteiger partial charge in [-0.2, -0.15) is 0 Å². The number of amides is 2. The van der Waals surface area contributed by atoms with Gasteiger partial charge >= 0.3 is 6.09 Å². The molecule has 0 aliphatic carbocycles. The van der Waals surface area contributed by atoms with Gasteiger partial charge in [0, 0.05) is 45.0 Å². The molecule has 0 bridgehead atoms. The maximum absolute atomic E-state index is 12.9. The number of carbonyl (C=O) groups excluding carboxylic acids is 2. The van der Waals surface area contributed by atoms with E-state index in [4.69, 9.17) is 9.47 Å². The van der Waals surface area contributed by atoms with Crippen LogP contribution in [0.25, 0.3) is 0 Å². The van der Waals surface area contributed by atoms with Gasteiger partial charge in [0.25, 0.3) is 5.91 Å². The topological polar surface area (TPSA) is 96.3 Å². The predicted molar refractivity (Wildman–Crippen MR) is 90.8 cm³/mol. The predicted octanol–water partition coefficient (Wildman–Crippen LogP) is -1.05. The first-order valence-corrected chi connectivity index (χ1v) is 8.61. The van der Waals surface area contributed by atoms with E-state index < -0.39 is 11.5 Å². The van der Waals surface area contributed by atoms with Crippen LogP contribution in [0.1, 0.15) is 10.5 Å². The van der Waals surface area contributed by atoms with Gasteiger partial charge in [-0.1, -0.05) is 0 Å². The summed E-state index contributed by atoms with van der Waals surface area (Å²) < 4.78 is 12.2. The molecule has 4 rings (SSSR count). The fourth-order valence-corrected chi connectivity index (χ4v) is 3.32. The molecule has 0 aromatic carbocycles. The molecule has 140 valence electrons. The SMILES string of the molecule is CN1CCN(C(=O)Oc2c3n(ccc2=O)N[C@@H]2COCCN2C3=O)CC1. The van der Waals surface area contributed by atoms with Crippen LogP contribution in [0.15, 0.2) is 17.1 Å². The minimum Gasteiger partial charge on any atom is -0.403 e. The second-order valence-corrected chi connectivity index (χ2v) is 6.60. The van der Waals surface area contributed by atoms with Crippen LogP contribution in [0.2, 0.25) is 0 Å². The highest BCUT2D eigenvalue weighted by atomic mass is 16.6. The van der Waals surface area contributed by atoms with Crippen LogP contribution in [0.5, 0.6) is 5.75 Å². The van der Waals surface area contributed by atoms with Crippen LogP contribution >= 0.6 is 0 Å². The molecule has 4 heterocycles. The van der Waals surface area contributed by atoms with Crippen molar-refractivity contribution in [2.24, 2.45) is 0 Å². The van der Waals surface area contributed by atoms with Crippen LogP contribution < -0.4 is 15.6 Å². The summed E-state index contributed by atoms with van der Waals surface area (Å²) in [5.74, 6) is -0.588. The number of ether oxygens (including phenoxy) is 2. The monoisotopic (exact) mass is 363 g/mol. The van der Waals surface area contributed by atoms with Gasteiger partial charge in [0.05, 0.1) is 13.2 Å². The van der Waals surface area contributed by atoms with Crippen molar-refractivity contribution in [3.8, 4) is 5.75 Å². The number of morpholine rings is 1. The zero-order valence-corrected chi connectivity index (χ0v) is 14.5. The molecule has 0 saturated carbocycles. The number of piperazine rings is 1. The highest BCUT2D eigenvalue weighted by molar-refractivity contribution is 5.97. The number of hydrogen-bond acceptors (Lipinski definition) is 7. The number of aromatic nitrogens is 1. The number of nitrogens with one attached hydrogen (secondary N) is 1. The van der Waals surface area contributed by atoms with Crippen molar-refractivity contribution in [1.29, 1.82) is 0 Å². The standard InChI is InChI=1S/C16H21N5O5/c1-18-4-6-19(7-5-18)16(24)26-14-11(22)2-3-21-13(14)15(23)20-8-9-25-10-12(20)17-21/h2-3,12,17H,4-10H2,1H3/t12-/m0/s1. The van der Waals surface area contributed by atoms with Gasteiger partial charge in [-0.15, -0.1) is 0 Å². The van der Waals surface area contributed by atoms with E-state index in [0.717, 1.165) is 13.1 Å². The molecule has 1 aromatic heterocycles. The van der Waals surface area contributed by atoms with E-state index in [2.05, 4.69) is 10.3 Å². The van der Waals surface area contributed by atoms with Gasteiger partial charge < -0.3 is 29.6 Å². The lowest BCUT2D eigenvalue weighted by atomic mass is 10.2. The fourth-order valence-electron chi connectivity index (χ4n) is 3.32. The molecule has 1 atom stereocenters. The molecule has 2 fully saturated rings. The lowest BCUT2D eigenvalue weighted by Crippen LogP contribution is -2.59. The molecular weight excluding hydrogens is 342 g/mol. The summed E-state index contributed by atoms with van der Waals surface area (Å²) in [4.78, 5) is 42.9. The van der Waals surface area contributed by atoms with E-state index in [1.165, 1.54) is 16.9 Å². The van der Waals surface area contributed by atoms with Crippen LogP contribution in [0, 0.1) is 0 Å². The molecule has 0 spiro atoms. The van der Waals surface area contributed by atoms with Crippen molar-refractivity contribution in [3.63, 3.8) is 0 Å². The number of rotatable bonds is 1. The minimum absolute atomic E-state index is 0.0399. The average molecular weight is 363 g/mol. The first kappa shape index (κ1) is 16.9. The third-order valence-corrected chi connectivity index (χ3v) is 4.89. The second-order valence-electron chi connectivity index (χ2n) is 6.60. The molecule has 2 amide bonds. The van der Waals surface area contributed by atoms with Gasteiger partial charge in [-0.25, -0.2) is 4.79 Å². The Morgan fingerprint density at radius 1 is 1.23 bits per heavy atom. The largest absolute Gasteiger partial charge is 0.415 e. The second kappa shape index (κ2) is 6.61. The Morgan fingerprint density at radius 3 is 2.77 bits per heavy atom. The van der Waals surface area contributed by atoms with Crippen molar-refractivity contribution < 1.29 is 19.1 Å². The van der Waals surface area contributed by atoms with Crippen molar-refractivity contribution in [1.82, 2.24) is 19.4 Å². The van der Waals surface area contributed by atoms with Gasteiger partial charge in [0.2, 0.25) is 11.2 Å². The lowest BCUT2D eigenvalue weighted by molar-refractivity contribution is -0.00316. The molecular formula is C16H21N5O5. The summed E-state index contributed by atoms with van der Waals surface area (Å²) in [6.45, 7) is 3.69. The number of fused-ring (bicyclic) bond motifs is 2. The zero-order chi connectivity index (χ0) is 18.3. The zero-order valence-electron chi connectivity index (χ0n) is 14.5. The number of carbonyl (C=O) groups is 2. The van der Waals surface area contributed by atoms with Crippen LogP contribution in [-0.2, 0) is 4.74 Å². The average Bonchev–Trinajstić information content (AvgIpc) is 2.65. The first-order chi connectivity index (χ1) is 12.5. The van der Waals surface area contributed by atoms with Crippen molar-refractivity contribution >= 4 is 12.0 Å². The molecule has 1 aromatic rings. The molecule has 0 unspecified atom stereocenters. The summed E-state index contributed by atoms with van der Waals surface area (Å²) in [7, 11) is 1.98. The number of nitrogens with zero attached hydrogens (tertiary/aromatic N) is 4. The fraction of sp³-hybridized carbons (Fsp3) is 0.562. The summed E-state index contributed by atoms with van der Waals surface area (Å²) in [6, 6.07) is 1.27. The van der Waals surface area contributed by atoms with Gasteiger partial charge in [-0.05, 0) is 7.05 Å². The Labute approximate surface area is 149 Å². The third-order valence-electron chi connectivity index (χ3n) is 4.89. The number of pyridine rings is 1. The van der Waals surface area contributed by atoms with E-state index in [1.54, 1.807) is 9.80 Å². The maximum atomic E-state index is 12.9. The molecule has 26 heavy (non-hydrogen) atoms. The summed E-state index contributed by atoms with van der Waals surface area (Å²) >= 11 is 0. The van der Waals surface area contributed by atoms with Crippen LogP contribution in [0.3, 0.4) is 0 Å². The molecule has 2 saturated heterocycles. The van der Waals surface area contributed by atoms with E-state index in [-0.39, 0.29) is 23.5 Å². The smallest absolute Gasteiger partial charge is 0.403 e. The number of likely N-dealkylation sites (N-methyl/N-ethyl adjacent to an activating group) is 1. The van der Waals surface area contributed by atoms with Gasteiger partial charge in [0.15, 0.2) is 5.69 Å². The van der Waals surface area contributed by atoms with Gasteiger partial charge in [0.1, 0.15) is 6.17 Å². The van der Waals surface area contributed by atoms with E-state index in [9.17, 15) is 14.4 Å². The Balaban J connectivity index is 1.62. The summed E-state index contributed by atoms with van der Waals surface area (Å²) in [5, 5.41) is 0. The molecule has 10 nitrogen and oxygen atoms in total. The van der Waals surface area contributed by atoms with Crippen molar-refractivity contribution in [3.05, 3.63) is 28.2 Å².